The highest BCUT2D eigenvalue weighted by Crippen LogP contribution is 2.42. The number of pyridine rings is 1. The summed E-state index contributed by atoms with van der Waals surface area (Å²) in [7, 11) is 0. The number of nitrogens with two attached hydrogens (primary N) is 1. The molecule has 4 aromatic rings. The molecule has 0 spiro atoms. The van der Waals surface area contributed by atoms with Crippen LogP contribution in [0.2, 0.25) is 0 Å². The van der Waals surface area contributed by atoms with Gasteiger partial charge in [-0.2, -0.15) is 0 Å². The molecule has 4 nitrogen and oxygen atoms in total. The number of nitrogen functional groups attached to an aromatic ring is 1. The van der Waals surface area contributed by atoms with E-state index in [9.17, 15) is 0 Å². The van der Waals surface area contributed by atoms with Crippen LogP contribution in [0.15, 0.2) is 42.7 Å². The van der Waals surface area contributed by atoms with Crippen molar-refractivity contribution in [1.29, 1.82) is 0 Å². The van der Waals surface area contributed by atoms with E-state index in [1.807, 2.05) is 30.5 Å². The molecule has 0 saturated carbocycles. The predicted molar refractivity (Wildman–Crippen MR) is 94.4 cm³/mol. The second-order valence-corrected chi connectivity index (χ2v) is 6.55. The number of aromatic nitrogens is 2. The molecule has 0 unspecified atom stereocenters. The summed E-state index contributed by atoms with van der Waals surface area (Å²) < 4.78 is 2.29. The van der Waals surface area contributed by atoms with Gasteiger partial charge in [0.05, 0.1) is 25.5 Å². The molecule has 0 aliphatic rings. The number of hydrogen-bond donors (Lipinski definition) is 1. The Kier molecular flexibility index (Phi) is 4.13. The van der Waals surface area contributed by atoms with Crippen LogP contribution in [0.1, 0.15) is 6.92 Å². The van der Waals surface area contributed by atoms with Gasteiger partial charge in [-0.1, -0.05) is 12.1 Å². The van der Waals surface area contributed by atoms with Crippen LogP contribution in [0.4, 0.5) is 5.00 Å². The van der Waals surface area contributed by atoms with Gasteiger partial charge in [0.1, 0.15) is 11.3 Å². The average Bonchev–Trinajstić information content (AvgIpc) is 3.07. The van der Waals surface area contributed by atoms with Crippen LogP contribution in [0.5, 0.6) is 0 Å². The van der Waals surface area contributed by atoms with Crippen LogP contribution in [-0.4, -0.2) is 16.3 Å². The van der Waals surface area contributed by atoms with Crippen molar-refractivity contribution in [2.24, 2.45) is 0 Å². The second-order valence-electron chi connectivity index (χ2n) is 4.44. The van der Waals surface area contributed by atoms with Crippen molar-refractivity contribution < 1.29 is 4.79 Å². The average molecular weight is 327 g/mol. The summed E-state index contributed by atoms with van der Waals surface area (Å²) in [4.78, 5) is 17.6. The zero-order valence-electron chi connectivity index (χ0n) is 11.8. The first-order valence-electron chi connectivity index (χ1n) is 6.62. The summed E-state index contributed by atoms with van der Waals surface area (Å²) in [6.45, 7) is 1.44. The molecule has 0 bridgehead atoms. The van der Waals surface area contributed by atoms with E-state index in [1.165, 1.54) is 11.6 Å². The Morgan fingerprint density at radius 1 is 1.14 bits per heavy atom. The summed E-state index contributed by atoms with van der Waals surface area (Å²) in [5.74, 6) is 0. The molecule has 3 aromatic heterocycles. The minimum absolute atomic E-state index is 0.750. The van der Waals surface area contributed by atoms with Crippen molar-refractivity contribution >= 4 is 54.3 Å². The number of fused-ring (bicyclic) bond motifs is 2. The van der Waals surface area contributed by atoms with Crippen LogP contribution < -0.4 is 5.73 Å². The van der Waals surface area contributed by atoms with E-state index in [0.717, 1.165) is 37.5 Å². The topological polar surface area (TPSA) is 68.9 Å². The molecular formula is C16H13N3OS2. The molecule has 4 rings (SSSR count). The van der Waals surface area contributed by atoms with Crippen molar-refractivity contribution in [2.45, 2.75) is 6.92 Å². The summed E-state index contributed by atoms with van der Waals surface area (Å²) in [6, 6.07) is 10.2. The van der Waals surface area contributed by atoms with Crippen molar-refractivity contribution in [3.8, 4) is 10.6 Å². The summed E-state index contributed by atoms with van der Waals surface area (Å²) in [6.07, 6.45) is 4.40. The van der Waals surface area contributed by atoms with Crippen LogP contribution in [-0.2, 0) is 4.79 Å². The number of carbonyl (C=O) groups excluding carboxylic acids is 1. The molecule has 0 atom stereocenters. The maximum absolute atomic E-state index is 8.81. The van der Waals surface area contributed by atoms with Gasteiger partial charge in [-0.25, -0.2) is 4.98 Å². The van der Waals surface area contributed by atoms with E-state index in [0.29, 0.717) is 0 Å². The molecule has 3 heterocycles. The zero-order chi connectivity index (χ0) is 15.5. The van der Waals surface area contributed by atoms with Gasteiger partial charge >= 0.3 is 0 Å². The number of para-hydroxylation sites is 1. The number of anilines is 1. The number of aldehydes is 1. The molecule has 22 heavy (non-hydrogen) atoms. The van der Waals surface area contributed by atoms with Gasteiger partial charge in [0.2, 0.25) is 0 Å². The standard InChI is InChI=1S/C14H9N3S2.C2H4O/c15-13-12(8-5-6-16-7-11(8)18-13)14-17-9-3-1-2-4-10(9)19-14;1-2-3/h1-7H,15H2;2H,1H3. The highest BCUT2D eigenvalue weighted by Gasteiger charge is 2.15. The van der Waals surface area contributed by atoms with Crippen LogP contribution in [0.3, 0.4) is 0 Å². The van der Waals surface area contributed by atoms with Crippen LogP contribution in [0, 0.1) is 0 Å². The molecule has 1 aromatic carbocycles. The van der Waals surface area contributed by atoms with Gasteiger partial charge in [-0.05, 0) is 25.1 Å². The maximum atomic E-state index is 8.81. The zero-order valence-corrected chi connectivity index (χ0v) is 13.4. The van der Waals surface area contributed by atoms with Crippen LogP contribution >= 0.6 is 22.7 Å². The maximum Gasteiger partial charge on any atom is 0.128 e. The van der Waals surface area contributed by atoms with Gasteiger partial charge in [0, 0.05) is 17.8 Å². The van der Waals surface area contributed by atoms with Gasteiger partial charge in [0.15, 0.2) is 0 Å². The predicted octanol–water partition coefficient (Wildman–Crippen LogP) is 4.36. The minimum Gasteiger partial charge on any atom is -0.390 e. The van der Waals surface area contributed by atoms with Gasteiger partial charge < -0.3 is 10.5 Å². The summed E-state index contributed by atoms with van der Waals surface area (Å²) in [5, 5.41) is 2.93. The van der Waals surface area contributed by atoms with E-state index in [4.69, 9.17) is 15.5 Å². The van der Waals surface area contributed by atoms with Crippen molar-refractivity contribution in [1.82, 2.24) is 9.97 Å². The van der Waals surface area contributed by atoms with Gasteiger partial charge in [-0.15, -0.1) is 22.7 Å². The van der Waals surface area contributed by atoms with E-state index in [2.05, 4.69) is 11.1 Å². The first-order chi connectivity index (χ1) is 10.7. The lowest BCUT2D eigenvalue weighted by molar-refractivity contribution is -0.106. The molecule has 0 fully saturated rings. The third kappa shape index (κ3) is 2.58. The molecular weight excluding hydrogens is 314 g/mol. The quantitative estimate of drug-likeness (QED) is 0.527. The number of benzene rings is 1. The van der Waals surface area contributed by atoms with Gasteiger partial charge in [0.25, 0.3) is 0 Å². The number of thiazole rings is 1. The van der Waals surface area contributed by atoms with Crippen LogP contribution in [0.25, 0.3) is 30.9 Å². The highest BCUT2D eigenvalue weighted by molar-refractivity contribution is 7.25. The molecule has 0 aliphatic carbocycles. The fraction of sp³-hybridized carbons (Fsp3) is 0.0625. The lowest BCUT2D eigenvalue weighted by Gasteiger charge is -1.95. The largest absolute Gasteiger partial charge is 0.390 e. The SMILES string of the molecule is CC=O.Nc1sc2cnccc2c1-c1nc2ccccc2s1. The molecule has 110 valence electrons. The van der Waals surface area contributed by atoms with Gasteiger partial charge in [-0.3, -0.25) is 4.98 Å². The molecule has 6 heteroatoms. The number of hydrogen-bond acceptors (Lipinski definition) is 6. The molecule has 0 saturated heterocycles. The Morgan fingerprint density at radius 2 is 1.91 bits per heavy atom. The van der Waals surface area contributed by atoms with E-state index >= 15 is 0 Å². The first-order valence-corrected chi connectivity index (χ1v) is 8.25. The fourth-order valence-corrected chi connectivity index (χ4v) is 4.21. The Morgan fingerprint density at radius 3 is 2.68 bits per heavy atom. The lowest BCUT2D eigenvalue weighted by Crippen LogP contribution is -1.83. The monoisotopic (exact) mass is 327 g/mol. The molecule has 0 radical (unpaired) electrons. The number of carbonyl (C=O) groups is 1. The molecule has 0 aliphatic heterocycles. The second kappa shape index (κ2) is 6.21. The number of rotatable bonds is 1. The van der Waals surface area contributed by atoms with E-state index < -0.39 is 0 Å². The minimum atomic E-state index is 0.750. The third-order valence-corrected chi connectivity index (χ3v) is 5.05. The smallest absolute Gasteiger partial charge is 0.128 e. The third-order valence-electron chi connectivity index (χ3n) is 3.03. The fourth-order valence-electron chi connectivity index (χ4n) is 2.17. The number of nitrogens with zero attached hydrogens (tertiary/aromatic N) is 2. The lowest BCUT2D eigenvalue weighted by atomic mass is 10.2. The molecule has 0 amide bonds. The molecule has 2 N–H and O–H groups in total. The number of thiophene rings is 1. The van der Waals surface area contributed by atoms with E-state index in [-0.39, 0.29) is 0 Å². The van der Waals surface area contributed by atoms with E-state index in [1.54, 1.807) is 28.9 Å². The van der Waals surface area contributed by atoms with Crippen molar-refractivity contribution in [3.63, 3.8) is 0 Å². The van der Waals surface area contributed by atoms with Crippen molar-refractivity contribution in [3.05, 3.63) is 42.7 Å². The highest BCUT2D eigenvalue weighted by atomic mass is 32.1. The summed E-state index contributed by atoms with van der Waals surface area (Å²) in [5.41, 5.74) is 8.23. The summed E-state index contributed by atoms with van der Waals surface area (Å²) >= 11 is 3.24. The van der Waals surface area contributed by atoms with Crippen molar-refractivity contribution in [2.75, 3.05) is 5.73 Å². The Hall–Kier alpha value is -2.31. The first kappa shape index (κ1) is 14.6. The Labute approximate surface area is 135 Å². The normalized spacial score (nSPS) is 10.4. The Bertz CT molecular complexity index is 910. The Balaban J connectivity index is 0.000000446.